The highest BCUT2D eigenvalue weighted by Gasteiger charge is 2.05. The van der Waals surface area contributed by atoms with E-state index in [9.17, 15) is 9.50 Å². The molecule has 2 rings (SSSR count). The van der Waals surface area contributed by atoms with Gasteiger partial charge >= 0.3 is 0 Å². The molecule has 3 N–H and O–H groups in total. The summed E-state index contributed by atoms with van der Waals surface area (Å²) in [6.07, 6.45) is 0.795. The van der Waals surface area contributed by atoms with Crippen molar-refractivity contribution in [2.24, 2.45) is 4.99 Å². The summed E-state index contributed by atoms with van der Waals surface area (Å²) in [4.78, 5) is 4.46. The first-order valence-electron chi connectivity index (χ1n) is 8.66. The first kappa shape index (κ1) is 23.0. The Kier molecular flexibility index (Phi) is 9.92. The van der Waals surface area contributed by atoms with Crippen LogP contribution in [0.4, 0.5) is 4.39 Å². The van der Waals surface area contributed by atoms with Crippen molar-refractivity contribution in [2.75, 3.05) is 20.2 Å². The number of hydrogen-bond acceptors (Lipinski definition) is 3. The Labute approximate surface area is 177 Å². The monoisotopic (exact) mass is 487 g/mol. The number of methoxy groups -OCH3 is 1. The number of rotatable bonds is 7. The van der Waals surface area contributed by atoms with Crippen LogP contribution in [0.2, 0.25) is 0 Å². The number of benzene rings is 2. The normalized spacial score (nSPS) is 10.9. The van der Waals surface area contributed by atoms with Gasteiger partial charge in [0, 0.05) is 13.1 Å². The zero-order valence-corrected chi connectivity index (χ0v) is 18.2. The number of halogens is 2. The van der Waals surface area contributed by atoms with Crippen molar-refractivity contribution >= 4 is 29.9 Å². The van der Waals surface area contributed by atoms with Crippen LogP contribution in [0.5, 0.6) is 11.5 Å². The minimum absolute atomic E-state index is 0. The Morgan fingerprint density at radius 3 is 2.63 bits per heavy atom. The number of nitrogens with zero attached hydrogens (tertiary/aromatic N) is 1. The number of phenolic OH excluding ortho intramolecular Hbond substituents is 1. The molecule has 0 bridgehead atoms. The van der Waals surface area contributed by atoms with Gasteiger partial charge in [-0.05, 0) is 49.6 Å². The lowest BCUT2D eigenvalue weighted by molar-refractivity contribution is 0.409. The number of phenols is 1. The summed E-state index contributed by atoms with van der Waals surface area (Å²) in [5.74, 6) is 0.545. The van der Waals surface area contributed by atoms with E-state index < -0.39 is 5.82 Å². The predicted octanol–water partition coefficient (Wildman–Crippen LogP) is 3.76. The van der Waals surface area contributed by atoms with Crippen LogP contribution in [-0.4, -0.2) is 31.3 Å². The van der Waals surface area contributed by atoms with Crippen LogP contribution in [0.25, 0.3) is 0 Å². The van der Waals surface area contributed by atoms with Gasteiger partial charge in [0.1, 0.15) is 5.75 Å². The molecule has 0 atom stereocenters. The van der Waals surface area contributed by atoms with Crippen molar-refractivity contribution < 1.29 is 14.2 Å². The minimum atomic E-state index is -0.637. The third kappa shape index (κ3) is 7.24. The smallest absolute Gasteiger partial charge is 0.191 e. The summed E-state index contributed by atoms with van der Waals surface area (Å²) in [7, 11) is 1.67. The van der Waals surface area contributed by atoms with Crippen molar-refractivity contribution in [2.45, 2.75) is 26.8 Å². The average molecular weight is 487 g/mol. The van der Waals surface area contributed by atoms with Gasteiger partial charge in [-0.3, -0.25) is 0 Å². The lowest BCUT2D eigenvalue weighted by atomic mass is 10.1. The predicted molar refractivity (Wildman–Crippen MR) is 118 cm³/mol. The molecule has 27 heavy (non-hydrogen) atoms. The molecular formula is C20H27FIN3O2. The quantitative estimate of drug-likeness (QED) is 0.316. The summed E-state index contributed by atoms with van der Waals surface area (Å²) in [6.45, 7) is 5.78. The number of ether oxygens (including phenoxy) is 1. The molecule has 0 heterocycles. The molecule has 0 radical (unpaired) electrons. The molecule has 2 aromatic carbocycles. The highest BCUT2D eigenvalue weighted by atomic mass is 127. The van der Waals surface area contributed by atoms with Crippen molar-refractivity contribution in [3.63, 3.8) is 0 Å². The van der Waals surface area contributed by atoms with Gasteiger partial charge in [0.25, 0.3) is 0 Å². The van der Waals surface area contributed by atoms with E-state index in [-0.39, 0.29) is 29.7 Å². The molecular weight excluding hydrogens is 460 g/mol. The lowest BCUT2D eigenvalue weighted by Crippen LogP contribution is -2.38. The Morgan fingerprint density at radius 1 is 1.19 bits per heavy atom. The molecule has 5 nitrogen and oxygen atoms in total. The maximum absolute atomic E-state index is 13.4. The first-order valence-corrected chi connectivity index (χ1v) is 8.66. The Balaban J connectivity index is 0.00000364. The van der Waals surface area contributed by atoms with Crippen LogP contribution < -0.4 is 15.4 Å². The number of aryl methyl sites for hydroxylation is 1. The number of aromatic hydroxyl groups is 1. The topological polar surface area (TPSA) is 65.9 Å². The molecule has 0 spiro atoms. The van der Waals surface area contributed by atoms with Crippen LogP contribution in [0, 0.1) is 12.7 Å². The number of aliphatic imine (C=N–C) groups is 1. The second kappa shape index (κ2) is 11.6. The minimum Gasteiger partial charge on any atom is -0.505 e. The van der Waals surface area contributed by atoms with Gasteiger partial charge in [0.15, 0.2) is 17.5 Å². The summed E-state index contributed by atoms with van der Waals surface area (Å²) in [5.41, 5.74) is 3.02. The highest BCUT2D eigenvalue weighted by Crippen LogP contribution is 2.20. The second-order valence-corrected chi connectivity index (χ2v) is 5.97. The SMILES string of the molecule is CCNC(=NCc1ccc(O)c(F)c1)NCCc1cc(C)ccc1OC.I. The lowest BCUT2D eigenvalue weighted by Gasteiger charge is -2.13. The van der Waals surface area contributed by atoms with Crippen molar-refractivity contribution in [1.29, 1.82) is 0 Å². The molecule has 0 amide bonds. The van der Waals surface area contributed by atoms with Gasteiger partial charge in [-0.2, -0.15) is 0 Å². The number of guanidine groups is 1. The zero-order valence-electron chi connectivity index (χ0n) is 15.9. The van der Waals surface area contributed by atoms with E-state index in [4.69, 9.17) is 4.74 Å². The maximum atomic E-state index is 13.4. The molecule has 0 saturated heterocycles. The third-order valence-electron chi connectivity index (χ3n) is 3.90. The van der Waals surface area contributed by atoms with Gasteiger partial charge in [-0.25, -0.2) is 9.38 Å². The van der Waals surface area contributed by atoms with Gasteiger partial charge in [-0.1, -0.05) is 23.8 Å². The van der Waals surface area contributed by atoms with E-state index in [1.165, 1.54) is 17.7 Å². The molecule has 7 heteroatoms. The molecule has 0 unspecified atom stereocenters. The molecule has 0 aliphatic heterocycles. The number of hydrogen-bond donors (Lipinski definition) is 3. The fourth-order valence-electron chi connectivity index (χ4n) is 2.58. The van der Waals surface area contributed by atoms with E-state index in [0.29, 0.717) is 24.6 Å². The van der Waals surface area contributed by atoms with Crippen LogP contribution in [0.1, 0.15) is 23.6 Å². The number of nitrogens with one attached hydrogen (secondary N) is 2. The van der Waals surface area contributed by atoms with E-state index >= 15 is 0 Å². The van der Waals surface area contributed by atoms with E-state index in [2.05, 4.69) is 28.6 Å². The van der Waals surface area contributed by atoms with Crippen molar-refractivity contribution in [3.8, 4) is 11.5 Å². The van der Waals surface area contributed by atoms with Crippen LogP contribution in [-0.2, 0) is 13.0 Å². The maximum Gasteiger partial charge on any atom is 0.191 e. The molecule has 148 valence electrons. The van der Waals surface area contributed by atoms with E-state index in [1.807, 2.05) is 19.1 Å². The zero-order chi connectivity index (χ0) is 18.9. The third-order valence-corrected chi connectivity index (χ3v) is 3.90. The highest BCUT2D eigenvalue weighted by molar-refractivity contribution is 14.0. The van der Waals surface area contributed by atoms with E-state index in [0.717, 1.165) is 24.3 Å². The Hall–Kier alpha value is -2.03. The molecule has 0 saturated carbocycles. The van der Waals surface area contributed by atoms with E-state index in [1.54, 1.807) is 13.2 Å². The second-order valence-electron chi connectivity index (χ2n) is 5.97. The van der Waals surface area contributed by atoms with Gasteiger partial charge < -0.3 is 20.5 Å². The summed E-state index contributed by atoms with van der Waals surface area (Å²) >= 11 is 0. The largest absolute Gasteiger partial charge is 0.505 e. The molecule has 2 aromatic rings. The Morgan fingerprint density at radius 2 is 1.96 bits per heavy atom. The summed E-state index contributed by atoms with van der Waals surface area (Å²) < 4.78 is 18.8. The fourth-order valence-corrected chi connectivity index (χ4v) is 2.58. The summed E-state index contributed by atoms with van der Waals surface area (Å²) in [5, 5.41) is 15.7. The summed E-state index contributed by atoms with van der Waals surface area (Å²) in [6, 6.07) is 10.4. The first-order chi connectivity index (χ1) is 12.5. The standard InChI is InChI=1S/C20H26FN3O2.HI/c1-4-22-20(24-13-15-6-7-18(25)17(21)12-15)23-10-9-16-11-14(2)5-8-19(16)26-3;/h5-8,11-12,25H,4,9-10,13H2,1-3H3,(H2,22,23,24);1H. The Bertz CT molecular complexity index is 769. The molecule has 0 fully saturated rings. The van der Waals surface area contributed by atoms with Crippen LogP contribution >= 0.6 is 24.0 Å². The molecule has 0 aromatic heterocycles. The fraction of sp³-hybridized carbons (Fsp3) is 0.350. The van der Waals surface area contributed by atoms with Crippen molar-refractivity contribution in [1.82, 2.24) is 10.6 Å². The van der Waals surface area contributed by atoms with Gasteiger partial charge in [0.2, 0.25) is 0 Å². The molecule has 0 aliphatic carbocycles. The van der Waals surface area contributed by atoms with Gasteiger partial charge in [0.05, 0.1) is 13.7 Å². The van der Waals surface area contributed by atoms with Gasteiger partial charge in [-0.15, -0.1) is 24.0 Å². The molecule has 0 aliphatic rings. The van der Waals surface area contributed by atoms with Crippen molar-refractivity contribution in [3.05, 3.63) is 58.9 Å². The average Bonchev–Trinajstić information content (AvgIpc) is 2.62. The van der Waals surface area contributed by atoms with Crippen LogP contribution in [0.15, 0.2) is 41.4 Å². The van der Waals surface area contributed by atoms with Crippen LogP contribution in [0.3, 0.4) is 0 Å².